The van der Waals surface area contributed by atoms with Gasteiger partial charge in [0.2, 0.25) is 0 Å². The van der Waals surface area contributed by atoms with Gasteiger partial charge in [0.25, 0.3) is 0 Å². The van der Waals surface area contributed by atoms with E-state index >= 15 is 0 Å². The van der Waals surface area contributed by atoms with Gasteiger partial charge in [-0.2, -0.15) is 0 Å². The highest BCUT2D eigenvalue weighted by molar-refractivity contribution is 14.1. The van der Waals surface area contributed by atoms with Crippen molar-refractivity contribution in [2.24, 2.45) is 0 Å². The minimum Gasteiger partial charge on any atom is -0.462 e. The maximum Gasteiger partial charge on any atom is 0.338 e. The SMILES string of the molecule is CCCCCCCCCC(=O)OC(COC(=O)CCCCCCC)COC(=O)c1ccc(I)cc1. The van der Waals surface area contributed by atoms with E-state index in [-0.39, 0.29) is 25.2 Å². The van der Waals surface area contributed by atoms with Crippen molar-refractivity contribution >= 4 is 40.5 Å². The molecule has 0 heterocycles. The van der Waals surface area contributed by atoms with Crippen molar-refractivity contribution in [1.29, 1.82) is 0 Å². The molecule has 1 atom stereocenters. The lowest BCUT2D eigenvalue weighted by Crippen LogP contribution is -2.31. The van der Waals surface area contributed by atoms with Crippen LogP contribution in [-0.2, 0) is 23.8 Å². The molecule has 6 nitrogen and oxygen atoms in total. The first-order valence-corrected chi connectivity index (χ1v) is 14.3. The molecule has 0 saturated carbocycles. The van der Waals surface area contributed by atoms with E-state index in [1.165, 1.54) is 25.7 Å². The monoisotopic (exact) mass is 602 g/mol. The van der Waals surface area contributed by atoms with E-state index in [0.717, 1.165) is 54.9 Å². The molecule has 0 spiro atoms. The zero-order valence-electron chi connectivity index (χ0n) is 21.5. The molecular formula is C28H43IO6. The summed E-state index contributed by atoms with van der Waals surface area (Å²) < 4.78 is 17.2. The number of carbonyl (C=O) groups is 3. The van der Waals surface area contributed by atoms with Crippen LogP contribution in [0.2, 0.25) is 0 Å². The number of carbonyl (C=O) groups excluding carboxylic acids is 3. The predicted molar refractivity (Wildman–Crippen MR) is 146 cm³/mol. The van der Waals surface area contributed by atoms with E-state index in [0.29, 0.717) is 18.4 Å². The Bertz CT molecular complexity index is 719. The van der Waals surface area contributed by atoms with Gasteiger partial charge in [-0.3, -0.25) is 9.59 Å². The third-order valence-corrected chi connectivity index (χ3v) is 6.40. The normalized spacial score (nSPS) is 11.6. The number of rotatable bonds is 20. The average Bonchev–Trinajstić information content (AvgIpc) is 2.85. The van der Waals surface area contributed by atoms with E-state index in [9.17, 15) is 14.4 Å². The van der Waals surface area contributed by atoms with Crippen molar-refractivity contribution in [3.63, 3.8) is 0 Å². The average molecular weight is 603 g/mol. The Labute approximate surface area is 225 Å². The van der Waals surface area contributed by atoms with Crippen molar-refractivity contribution < 1.29 is 28.6 Å². The minimum atomic E-state index is -0.816. The summed E-state index contributed by atoms with van der Waals surface area (Å²) in [6.07, 6.45) is 12.8. The van der Waals surface area contributed by atoms with Gasteiger partial charge >= 0.3 is 17.9 Å². The second-order valence-corrected chi connectivity index (χ2v) is 10.2. The van der Waals surface area contributed by atoms with Gasteiger partial charge < -0.3 is 14.2 Å². The molecule has 1 aromatic rings. The number of unbranched alkanes of at least 4 members (excludes halogenated alkanes) is 10. The highest BCUT2D eigenvalue weighted by atomic mass is 127. The van der Waals surface area contributed by atoms with E-state index < -0.39 is 12.1 Å². The van der Waals surface area contributed by atoms with Crippen molar-refractivity contribution in [3.05, 3.63) is 33.4 Å². The zero-order chi connectivity index (χ0) is 25.7. The molecule has 0 aromatic heterocycles. The van der Waals surface area contributed by atoms with Crippen LogP contribution in [0.25, 0.3) is 0 Å². The summed E-state index contributed by atoms with van der Waals surface area (Å²) in [5, 5.41) is 0. The first-order valence-electron chi connectivity index (χ1n) is 13.2. The molecule has 0 amide bonds. The number of hydrogen-bond acceptors (Lipinski definition) is 6. The summed E-state index contributed by atoms with van der Waals surface area (Å²) in [4.78, 5) is 36.8. The van der Waals surface area contributed by atoms with Crippen LogP contribution in [0.15, 0.2) is 24.3 Å². The van der Waals surface area contributed by atoms with Gasteiger partial charge in [0.15, 0.2) is 6.10 Å². The van der Waals surface area contributed by atoms with Gasteiger partial charge in [0.05, 0.1) is 5.56 Å². The van der Waals surface area contributed by atoms with E-state index in [1.54, 1.807) is 12.1 Å². The molecule has 0 aliphatic carbocycles. The van der Waals surface area contributed by atoms with E-state index in [2.05, 4.69) is 36.4 Å². The number of halogens is 1. The molecule has 35 heavy (non-hydrogen) atoms. The van der Waals surface area contributed by atoms with Crippen LogP contribution in [0, 0.1) is 3.57 Å². The number of esters is 3. The van der Waals surface area contributed by atoms with Crippen LogP contribution < -0.4 is 0 Å². The van der Waals surface area contributed by atoms with Crippen LogP contribution in [-0.4, -0.2) is 37.2 Å². The first kappa shape index (κ1) is 31.4. The fourth-order valence-corrected chi connectivity index (χ4v) is 3.92. The Kier molecular flexibility index (Phi) is 18.4. The highest BCUT2D eigenvalue weighted by Gasteiger charge is 2.20. The molecule has 1 rings (SSSR count). The molecule has 0 radical (unpaired) electrons. The van der Waals surface area contributed by atoms with Crippen LogP contribution in [0.5, 0.6) is 0 Å². The Morgan fingerprint density at radius 3 is 1.74 bits per heavy atom. The van der Waals surface area contributed by atoms with Crippen LogP contribution >= 0.6 is 22.6 Å². The lowest BCUT2D eigenvalue weighted by molar-refractivity contribution is -0.161. The molecule has 0 aliphatic heterocycles. The van der Waals surface area contributed by atoms with Crippen LogP contribution in [0.1, 0.15) is 114 Å². The fraction of sp³-hybridized carbons (Fsp3) is 0.679. The van der Waals surface area contributed by atoms with Crippen molar-refractivity contribution in [2.45, 2.75) is 110 Å². The maximum absolute atomic E-state index is 12.4. The second-order valence-electron chi connectivity index (χ2n) is 8.94. The summed E-state index contributed by atoms with van der Waals surface area (Å²) in [7, 11) is 0. The molecule has 7 heteroatoms. The topological polar surface area (TPSA) is 78.9 Å². The van der Waals surface area contributed by atoms with Gasteiger partial charge in [0, 0.05) is 16.4 Å². The smallest absolute Gasteiger partial charge is 0.338 e. The standard InChI is InChI=1S/C28H43IO6/c1-3-5-7-9-10-12-14-16-27(31)35-25(21-33-26(30)15-13-11-8-6-4-2)22-34-28(32)23-17-19-24(29)20-18-23/h17-20,25H,3-16,21-22H2,1-2H3. The molecule has 0 N–H and O–H groups in total. The summed E-state index contributed by atoms with van der Waals surface area (Å²) in [6, 6.07) is 7.01. The van der Waals surface area contributed by atoms with Gasteiger partial charge in [-0.1, -0.05) is 78.1 Å². The summed E-state index contributed by atoms with van der Waals surface area (Å²) in [6.45, 7) is 4.07. The van der Waals surface area contributed by atoms with E-state index in [4.69, 9.17) is 14.2 Å². The number of benzene rings is 1. The number of hydrogen-bond donors (Lipinski definition) is 0. The predicted octanol–water partition coefficient (Wildman–Crippen LogP) is 7.40. The molecule has 0 saturated heterocycles. The molecule has 0 aliphatic rings. The minimum absolute atomic E-state index is 0.115. The Balaban J connectivity index is 2.47. The quantitative estimate of drug-likeness (QED) is 0.0670. The summed E-state index contributed by atoms with van der Waals surface area (Å²) in [5.74, 6) is -1.18. The summed E-state index contributed by atoms with van der Waals surface area (Å²) >= 11 is 2.16. The summed E-state index contributed by atoms with van der Waals surface area (Å²) in [5.41, 5.74) is 0.419. The van der Waals surface area contributed by atoms with Crippen molar-refractivity contribution in [1.82, 2.24) is 0 Å². The molecule has 1 unspecified atom stereocenters. The molecule has 198 valence electrons. The molecule has 0 bridgehead atoms. The van der Waals surface area contributed by atoms with Crippen molar-refractivity contribution in [3.8, 4) is 0 Å². The van der Waals surface area contributed by atoms with Gasteiger partial charge in [0.1, 0.15) is 13.2 Å². The van der Waals surface area contributed by atoms with E-state index in [1.807, 2.05) is 12.1 Å². The Morgan fingerprint density at radius 1 is 0.686 bits per heavy atom. The maximum atomic E-state index is 12.4. The second kappa shape index (κ2) is 20.5. The van der Waals surface area contributed by atoms with Crippen LogP contribution in [0.3, 0.4) is 0 Å². The fourth-order valence-electron chi connectivity index (χ4n) is 3.56. The van der Waals surface area contributed by atoms with Crippen molar-refractivity contribution in [2.75, 3.05) is 13.2 Å². The third kappa shape index (κ3) is 16.6. The molecular weight excluding hydrogens is 559 g/mol. The van der Waals surface area contributed by atoms with Gasteiger partial charge in [-0.25, -0.2) is 4.79 Å². The third-order valence-electron chi connectivity index (χ3n) is 5.68. The Hall–Kier alpha value is -1.64. The lowest BCUT2D eigenvalue weighted by atomic mass is 10.1. The zero-order valence-corrected chi connectivity index (χ0v) is 23.7. The highest BCUT2D eigenvalue weighted by Crippen LogP contribution is 2.12. The van der Waals surface area contributed by atoms with Gasteiger partial charge in [-0.15, -0.1) is 0 Å². The number of ether oxygens (including phenoxy) is 3. The molecule has 0 fully saturated rings. The largest absolute Gasteiger partial charge is 0.462 e. The first-order chi connectivity index (χ1) is 17.0. The van der Waals surface area contributed by atoms with Crippen LogP contribution in [0.4, 0.5) is 0 Å². The van der Waals surface area contributed by atoms with Gasteiger partial charge in [-0.05, 0) is 59.7 Å². The Morgan fingerprint density at radius 2 is 1.17 bits per heavy atom. The molecule has 1 aromatic carbocycles. The lowest BCUT2D eigenvalue weighted by Gasteiger charge is -2.18.